The third-order valence-electron chi connectivity index (χ3n) is 9.12. The minimum atomic E-state index is -0.739. The number of hydrogen-bond donors (Lipinski definition) is 5. The van der Waals surface area contributed by atoms with E-state index in [1.165, 1.54) is 7.11 Å². The largest absolute Gasteiger partial charge is 0.453 e. The topological polar surface area (TPSA) is 176 Å². The highest BCUT2D eigenvalue weighted by Crippen LogP contribution is 2.31. The molecule has 14 nitrogen and oxygen atoms in total. The first-order chi connectivity index (χ1) is 25.2. The van der Waals surface area contributed by atoms with Crippen molar-refractivity contribution in [1.29, 1.82) is 0 Å². The van der Waals surface area contributed by atoms with E-state index in [1.54, 1.807) is 11.9 Å². The van der Waals surface area contributed by atoms with Crippen LogP contribution in [0.5, 0.6) is 0 Å². The summed E-state index contributed by atoms with van der Waals surface area (Å²) in [6.45, 7) is 6.56. The van der Waals surface area contributed by atoms with E-state index >= 15 is 0 Å². The summed E-state index contributed by atoms with van der Waals surface area (Å²) < 4.78 is 16.2. The maximum Gasteiger partial charge on any atom is 0.407 e. The highest BCUT2D eigenvalue weighted by atomic mass is 16.5. The number of carbonyl (C=O) groups is 3. The summed E-state index contributed by atoms with van der Waals surface area (Å²) in [7, 11) is 3.01. The van der Waals surface area contributed by atoms with Crippen molar-refractivity contribution < 1.29 is 28.6 Å². The molecule has 0 aliphatic carbocycles. The van der Waals surface area contributed by atoms with E-state index in [2.05, 4.69) is 73.4 Å². The van der Waals surface area contributed by atoms with E-state index in [0.717, 1.165) is 50.0 Å². The van der Waals surface area contributed by atoms with Crippen molar-refractivity contribution in [2.75, 3.05) is 60.2 Å². The van der Waals surface area contributed by atoms with Crippen LogP contribution in [-0.2, 0) is 30.2 Å². The predicted molar refractivity (Wildman–Crippen MR) is 198 cm³/mol. The monoisotopic (exact) mass is 710 g/mol. The van der Waals surface area contributed by atoms with Crippen LogP contribution < -0.4 is 16.0 Å². The summed E-state index contributed by atoms with van der Waals surface area (Å²) in [6, 6.07) is 17.7. The van der Waals surface area contributed by atoms with Gasteiger partial charge in [0.25, 0.3) is 0 Å². The fraction of sp³-hybridized carbons (Fsp3) is 0.395. The number of imidazole rings is 2. The van der Waals surface area contributed by atoms with Crippen molar-refractivity contribution in [2.24, 2.45) is 5.92 Å². The van der Waals surface area contributed by atoms with Crippen LogP contribution in [0.3, 0.4) is 0 Å². The molecule has 3 aromatic carbocycles. The van der Waals surface area contributed by atoms with Crippen LogP contribution in [0.15, 0.2) is 60.8 Å². The maximum absolute atomic E-state index is 13.7. The number of hydrogen-bond acceptors (Lipinski definition) is 9. The van der Waals surface area contributed by atoms with Gasteiger partial charge >= 0.3 is 6.09 Å². The molecule has 52 heavy (non-hydrogen) atoms. The first-order valence-corrected chi connectivity index (χ1v) is 17.5. The molecule has 3 heterocycles. The van der Waals surface area contributed by atoms with E-state index in [9.17, 15) is 14.4 Å². The third-order valence-corrected chi connectivity index (χ3v) is 9.12. The van der Waals surface area contributed by atoms with E-state index in [-0.39, 0.29) is 24.3 Å². The smallest absolute Gasteiger partial charge is 0.407 e. The molecule has 0 radical (unpaired) electrons. The third kappa shape index (κ3) is 8.58. The lowest BCUT2D eigenvalue weighted by Crippen LogP contribution is -2.54. The van der Waals surface area contributed by atoms with Crippen LogP contribution in [-0.4, -0.2) is 109 Å². The van der Waals surface area contributed by atoms with E-state index in [0.29, 0.717) is 51.8 Å². The van der Waals surface area contributed by atoms with Crippen molar-refractivity contribution in [3.63, 3.8) is 0 Å². The average Bonchev–Trinajstić information content (AvgIpc) is 3.81. The quantitative estimate of drug-likeness (QED) is 0.107. The lowest BCUT2D eigenvalue weighted by Gasteiger charge is -2.37. The number of morpholine rings is 1. The molecule has 0 saturated carbocycles. The number of ether oxygens (including phenoxy) is 3. The summed E-state index contributed by atoms with van der Waals surface area (Å²) in [5.74, 6) is 1.08. The minimum absolute atomic E-state index is 0.0540. The van der Waals surface area contributed by atoms with Gasteiger partial charge in [-0.2, -0.15) is 0 Å². The molecule has 1 aliphatic rings. The van der Waals surface area contributed by atoms with Crippen molar-refractivity contribution in [2.45, 2.75) is 32.4 Å². The number of methoxy groups -OCH3 is 1. The molecule has 1 aliphatic heterocycles. The van der Waals surface area contributed by atoms with Gasteiger partial charge in [0.05, 0.1) is 63.0 Å². The van der Waals surface area contributed by atoms with Crippen molar-refractivity contribution in [1.82, 2.24) is 40.8 Å². The Morgan fingerprint density at radius 3 is 2.52 bits per heavy atom. The van der Waals surface area contributed by atoms with Crippen molar-refractivity contribution in [3.8, 4) is 22.4 Å². The molecule has 274 valence electrons. The van der Waals surface area contributed by atoms with Gasteiger partial charge in [-0.15, -0.1) is 0 Å². The van der Waals surface area contributed by atoms with Gasteiger partial charge in [-0.1, -0.05) is 44.2 Å². The van der Waals surface area contributed by atoms with E-state index in [4.69, 9.17) is 19.2 Å². The van der Waals surface area contributed by atoms with Gasteiger partial charge in [-0.3, -0.25) is 9.59 Å². The average molecular weight is 711 g/mol. The lowest BCUT2D eigenvalue weighted by atomic mass is 9.99. The Hall–Kier alpha value is -5.31. The molecular weight excluding hydrogens is 664 g/mol. The second-order valence-corrected chi connectivity index (χ2v) is 13.1. The summed E-state index contributed by atoms with van der Waals surface area (Å²) in [6.07, 6.45) is 1.84. The highest BCUT2D eigenvalue weighted by Gasteiger charge is 2.36. The molecule has 1 fully saturated rings. The Morgan fingerprint density at radius 2 is 1.75 bits per heavy atom. The molecule has 5 N–H and O–H groups in total. The Balaban J connectivity index is 1.12. The minimum Gasteiger partial charge on any atom is -0.453 e. The first kappa shape index (κ1) is 36.5. The molecule has 3 amide bonds. The molecule has 1 saturated heterocycles. The molecule has 6 rings (SSSR count). The zero-order valence-corrected chi connectivity index (χ0v) is 30.0. The second kappa shape index (κ2) is 16.8. The molecule has 0 bridgehead atoms. The number of carbonyl (C=O) groups excluding carboxylic acids is 3. The van der Waals surface area contributed by atoms with Crippen LogP contribution in [0.2, 0.25) is 0 Å². The molecular formula is C38H46N8O6. The number of aromatic nitrogens is 4. The molecule has 14 heteroatoms. The highest BCUT2D eigenvalue weighted by molar-refractivity contribution is 5.92. The van der Waals surface area contributed by atoms with Crippen LogP contribution in [0, 0.1) is 5.92 Å². The molecule has 2 atom stereocenters. The number of aromatic amines is 2. The Morgan fingerprint density at radius 1 is 1.00 bits per heavy atom. The molecule has 5 aromatic rings. The molecule has 2 aromatic heterocycles. The van der Waals surface area contributed by atoms with E-state index in [1.807, 2.05) is 32.2 Å². The zero-order valence-electron chi connectivity index (χ0n) is 30.0. The maximum atomic E-state index is 13.7. The van der Waals surface area contributed by atoms with Gasteiger partial charge in [0, 0.05) is 25.1 Å². The Kier molecular flexibility index (Phi) is 11.8. The standard InChI is InChI=1S/C38H46N8O6/c1-23(2)35(45-38(49)50-4)37(48)46-13-16-52-22-32(46)36-43-29-10-9-27(19-30(29)44-36)25-5-6-26-18-28(8-7-24(26)17-25)31-20-41-33(42-31)11-14-51-15-12-40-34(47)21-39-3/h5-10,17-20,23,32,35,39H,11-16,21-22H2,1-4H3,(H,40,47)(H,41,42)(H,43,44)(H,45,49). The van der Waals surface area contributed by atoms with Crippen LogP contribution >= 0.6 is 0 Å². The van der Waals surface area contributed by atoms with Crippen LogP contribution in [0.1, 0.15) is 31.5 Å². The number of nitrogens with zero attached hydrogens (tertiary/aromatic N) is 3. The summed E-state index contributed by atoms with van der Waals surface area (Å²) in [5, 5.41) is 10.5. The number of likely N-dealkylation sites (N-methyl/N-ethyl adjacent to an activating group) is 1. The first-order valence-electron chi connectivity index (χ1n) is 17.5. The number of amides is 3. The van der Waals surface area contributed by atoms with Gasteiger partial charge in [-0.25, -0.2) is 14.8 Å². The lowest BCUT2D eigenvalue weighted by molar-refractivity contribution is -0.143. The normalized spacial score (nSPS) is 15.2. The molecule has 2 unspecified atom stereocenters. The summed E-state index contributed by atoms with van der Waals surface area (Å²) in [4.78, 5) is 55.1. The second-order valence-electron chi connectivity index (χ2n) is 13.1. The number of fused-ring (bicyclic) bond motifs is 2. The van der Waals surface area contributed by atoms with Crippen molar-refractivity contribution in [3.05, 3.63) is 72.4 Å². The van der Waals surface area contributed by atoms with Gasteiger partial charge < -0.3 is 45.0 Å². The number of rotatable bonds is 14. The number of alkyl carbamates (subject to hydrolysis) is 1. The Bertz CT molecular complexity index is 2020. The zero-order chi connectivity index (χ0) is 36.6. The van der Waals surface area contributed by atoms with Gasteiger partial charge in [0.1, 0.15) is 23.7 Å². The number of benzene rings is 3. The molecule has 0 spiro atoms. The fourth-order valence-corrected chi connectivity index (χ4v) is 6.32. The summed E-state index contributed by atoms with van der Waals surface area (Å²) >= 11 is 0. The van der Waals surface area contributed by atoms with Gasteiger partial charge in [0.15, 0.2) is 0 Å². The SMILES string of the molecule is CNCC(=O)NCCOCCc1ncc(-c2ccc3cc(-c4ccc5nc(C6COCCN6C(=O)C(NC(=O)OC)C(C)C)[nH]c5c4)ccc3c2)[nH]1. The Labute approximate surface area is 302 Å². The van der Waals surface area contributed by atoms with Gasteiger partial charge in [0.2, 0.25) is 11.8 Å². The van der Waals surface area contributed by atoms with Crippen LogP contribution in [0.25, 0.3) is 44.2 Å². The summed E-state index contributed by atoms with van der Waals surface area (Å²) in [5.41, 5.74) is 5.71. The van der Waals surface area contributed by atoms with Gasteiger partial charge in [-0.05, 0) is 59.1 Å². The number of H-pyrrole nitrogens is 2. The van der Waals surface area contributed by atoms with E-state index < -0.39 is 18.2 Å². The van der Waals surface area contributed by atoms with Crippen LogP contribution in [0.4, 0.5) is 4.79 Å². The fourth-order valence-electron chi connectivity index (χ4n) is 6.32. The number of nitrogens with one attached hydrogen (secondary N) is 5. The predicted octanol–water partition coefficient (Wildman–Crippen LogP) is 3.95. The van der Waals surface area contributed by atoms with Crippen molar-refractivity contribution >= 4 is 39.7 Å².